The third-order valence-electron chi connectivity index (χ3n) is 3.54. The zero-order chi connectivity index (χ0) is 19.6. The second-order valence-corrected chi connectivity index (χ2v) is 6.51. The van der Waals surface area contributed by atoms with E-state index in [2.05, 4.69) is 21.2 Å². The van der Waals surface area contributed by atoms with Gasteiger partial charge in [0.1, 0.15) is 5.75 Å². The van der Waals surface area contributed by atoms with Gasteiger partial charge in [-0.05, 0) is 43.3 Å². The SMILES string of the molecule is CCOc1ccc(NC(=O)CCC(=O)OCC(=O)c2ccc(Br)cc2)cc1. The van der Waals surface area contributed by atoms with Gasteiger partial charge in [0.25, 0.3) is 0 Å². The summed E-state index contributed by atoms with van der Waals surface area (Å²) in [5.74, 6) is -0.484. The molecule has 0 atom stereocenters. The van der Waals surface area contributed by atoms with E-state index in [0.717, 1.165) is 10.2 Å². The largest absolute Gasteiger partial charge is 0.494 e. The first kappa shape index (κ1) is 20.6. The van der Waals surface area contributed by atoms with Gasteiger partial charge in [-0.25, -0.2) is 0 Å². The molecule has 0 spiro atoms. The van der Waals surface area contributed by atoms with Crippen LogP contribution >= 0.6 is 15.9 Å². The molecule has 0 saturated heterocycles. The Kier molecular flexibility index (Phi) is 8.00. The minimum Gasteiger partial charge on any atom is -0.494 e. The Morgan fingerprint density at radius 1 is 0.963 bits per heavy atom. The molecule has 1 N–H and O–H groups in total. The highest BCUT2D eigenvalue weighted by Crippen LogP contribution is 2.16. The molecule has 6 nitrogen and oxygen atoms in total. The van der Waals surface area contributed by atoms with Crippen molar-refractivity contribution in [1.29, 1.82) is 0 Å². The Hall–Kier alpha value is -2.67. The Labute approximate surface area is 166 Å². The van der Waals surface area contributed by atoms with Crippen LogP contribution in [-0.4, -0.2) is 30.9 Å². The van der Waals surface area contributed by atoms with Gasteiger partial charge in [0.05, 0.1) is 13.0 Å². The maximum Gasteiger partial charge on any atom is 0.306 e. The maximum atomic E-state index is 11.9. The zero-order valence-electron chi connectivity index (χ0n) is 14.9. The van der Waals surface area contributed by atoms with Crippen molar-refractivity contribution >= 4 is 39.3 Å². The molecule has 27 heavy (non-hydrogen) atoms. The number of carbonyl (C=O) groups excluding carboxylic acids is 3. The lowest BCUT2D eigenvalue weighted by Crippen LogP contribution is -2.17. The van der Waals surface area contributed by atoms with E-state index in [1.54, 1.807) is 48.5 Å². The molecule has 0 aliphatic heterocycles. The lowest BCUT2D eigenvalue weighted by molar-refractivity contribution is -0.143. The predicted molar refractivity (Wildman–Crippen MR) is 105 cm³/mol. The molecular formula is C20H20BrNO5. The quantitative estimate of drug-likeness (QED) is 0.477. The summed E-state index contributed by atoms with van der Waals surface area (Å²) in [6, 6.07) is 13.7. The Morgan fingerprint density at radius 3 is 2.26 bits per heavy atom. The molecule has 2 rings (SSSR count). The number of benzene rings is 2. The highest BCUT2D eigenvalue weighted by atomic mass is 79.9. The summed E-state index contributed by atoms with van der Waals surface area (Å²) in [6.07, 6.45) is -0.130. The lowest BCUT2D eigenvalue weighted by atomic mass is 10.1. The molecular weight excluding hydrogens is 414 g/mol. The van der Waals surface area contributed by atoms with Crippen molar-refractivity contribution < 1.29 is 23.9 Å². The molecule has 0 bridgehead atoms. The number of ether oxygens (including phenoxy) is 2. The maximum absolute atomic E-state index is 11.9. The molecule has 0 radical (unpaired) electrons. The highest BCUT2D eigenvalue weighted by molar-refractivity contribution is 9.10. The van der Waals surface area contributed by atoms with E-state index in [4.69, 9.17) is 9.47 Å². The molecule has 0 fully saturated rings. The first-order chi connectivity index (χ1) is 13.0. The fraction of sp³-hybridized carbons (Fsp3) is 0.250. The predicted octanol–water partition coefficient (Wildman–Crippen LogP) is 3.99. The number of ketones is 1. The fourth-order valence-electron chi connectivity index (χ4n) is 2.18. The second-order valence-electron chi connectivity index (χ2n) is 5.60. The van der Waals surface area contributed by atoms with Crippen LogP contribution in [0.5, 0.6) is 5.75 Å². The molecule has 7 heteroatoms. The molecule has 0 heterocycles. The minimum absolute atomic E-state index is 0.0292. The van der Waals surface area contributed by atoms with Gasteiger partial charge < -0.3 is 14.8 Å². The van der Waals surface area contributed by atoms with Gasteiger partial charge in [0.15, 0.2) is 12.4 Å². The Morgan fingerprint density at radius 2 is 1.63 bits per heavy atom. The van der Waals surface area contributed by atoms with E-state index < -0.39 is 5.97 Å². The van der Waals surface area contributed by atoms with Crippen molar-refractivity contribution in [3.05, 3.63) is 58.6 Å². The standard InChI is InChI=1S/C20H20BrNO5/c1-2-26-17-9-7-16(8-10-17)22-19(24)11-12-20(25)27-13-18(23)14-3-5-15(21)6-4-14/h3-10H,2,11-13H2,1H3,(H,22,24). The van der Waals surface area contributed by atoms with E-state index in [0.29, 0.717) is 17.9 Å². The van der Waals surface area contributed by atoms with Crippen LogP contribution < -0.4 is 10.1 Å². The van der Waals surface area contributed by atoms with E-state index in [9.17, 15) is 14.4 Å². The van der Waals surface area contributed by atoms with Gasteiger partial charge in [-0.1, -0.05) is 28.1 Å². The summed E-state index contributed by atoms with van der Waals surface area (Å²) in [6.45, 7) is 2.11. The van der Waals surface area contributed by atoms with E-state index in [-0.39, 0.29) is 31.1 Å². The number of hydrogen-bond acceptors (Lipinski definition) is 5. The van der Waals surface area contributed by atoms with Crippen molar-refractivity contribution in [2.24, 2.45) is 0 Å². The summed E-state index contributed by atoms with van der Waals surface area (Å²) in [5, 5.41) is 2.69. The van der Waals surface area contributed by atoms with Gasteiger partial charge in [-0.3, -0.25) is 14.4 Å². The number of carbonyl (C=O) groups is 3. The first-order valence-corrected chi connectivity index (χ1v) is 9.24. The van der Waals surface area contributed by atoms with Crippen LogP contribution in [0, 0.1) is 0 Å². The van der Waals surface area contributed by atoms with E-state index in [1.807, 2.05) is 6.92 Å². The van der Waals surface area contributed by atoms with Crippen LogP contribution in [0.4, 0.5) is 5.69 Å². The molecule has 0 aromatic heterocycles. The smallest absolute Gasteiger partial charge is 0.306 e. The van der Waals surface area contributed by atoms with Crippen LogP contribution in [0.1, 0.15) is 30.1 Å². The van der Waals surface area contributed by atoms with Crippen LogP contribution in [0.15, 0.2) is 53.0 Å². The van der Waals surface area contributed by atoms with Gasteiger partial charge in [-0.2, -0.15) is 0 Å². The van der Waals surface area contributed by atoms with Crippen molar-refractivity contribution in [1.82, 2.24) is 0 Å². The molecule has 1 amide bonds. The summed E-state index contributed by atoms with van der Waals surface area (Å²) < 4.78 is 11.1. The molecule has 2 aromatic carbocycles. The summed E-state index contributed by atoms with van der Waals surface area (Å²) in [7, 11) is 0. The number of hydrogen-bond donors (Lipinski definition) is 1. The number of nitrogens with one attached hydrogen (secondary N) is 1. The summed E-state index contributed by atoms with van der Waals surface area (Å²) in [5.41, 5.74) is 1.07. The Bertz CT molecular complexity index is 787. The third-order valence-corrected chi connectivity index (χ3v) is 4.06. The van der Waals surface area contributed by atoms with Crippen molar-refractivity contribution in [2.75, 3.05) is 18.5 Å². The molecule has 0 saturated carbocycles. The number of halogens is 1. The van der Waals surface area contributed by atoms with Crippen LogP contribution in [0.25, 0.3) is 0 Å². The lowest BCUT2D eigenvalue weighted by Gasteiger charge is -2.07. The minimum atomic E-state index is -0.595. The van der Waals surface area contributed by atoms with Crippen molar-refractivity contribution in [3.8, 4) is 5.75 Å². The van der Waals surface area contributed by atoms with Crippen LogP contribution in [0.3, 0.4) is 0 Å². The topological polar surface area (TPSA) is 81.7 Å². The summed E-state index contributed by atoms with van der Waals surface area (Å²) >= 11 is 3.28. The van der Waals surface area contributed by atoms with Crippen molar-refractivity contribution in [2.45, 2.75) is 19.8 Å². The van der Waals surface area contributed by atoms with Crippen LogP contribution in [-0.2, 0) is 14.3 Å². The molecule has 0 aliphatic rings. The number of esters is 1. The van der Waals surface area contributed by atoms with E-state index in [1.165, 1.54) is 0 Å². The average Bonchev–Trinajstić information content (AvgIpc) is 2.67. The summed E-state index contributed by atoms with van der Waals surface area (Å²) in [4.78, 5) is 35.6. The number of rotatable bonds is 9. The monoisotopic (exact) mass is 433 g/mol. The van der Waals surface area contributed by atoms with Gasteiger partial charge in [-0.15, -0.1) is 0 Å². The fourth-order valence-corrected chi connectivity index (χ4v) is 2.44. The number of amides is 1. The average molecular weight is 434 g/mol. The highest BCUT2D eigenvalue weighted by Gasteiger charge is 2.12. The van der Waals surface area contributed by atoms with Gasteiger partial charge >= 0.3 is 5.97 Å². The van der Waals surface area contributed by atoms with Gasteiger partial charge in [0, 0.05) is 22.1 Å². The van der Waals surface area contributed by atoms with Crippen molar-refractivity contribution in [3.63, 3.8) is 0 Å². The second kappa shape index (κ2) is 10.5. The third kappa shape index (κ3) is 7.22. The van der Waals surface area contributed by atoms with E-state index >= 15 is 0 Å². The van der Waals surface area contributed by atoms with Gasteiger partial charge in [0.2, 0.25) is 5.91 Å². The number of Topliss-reactive ketones (excluding diaryl/α,β-unsaturated/α-hetero) is 1. The normalized spacial score (nSPS) is 10.1. The Balaban J connectivity index is 1.70. The first-order valence-electron chi connectivity index (χ1n) is 8.45. The molecule has 0 aliphatic carbocycles. The van der Waals surface area contributed by atoms with Crippen LogP contribution in [0.2, 0.25) is 0 Å². The zero-order valence-corrected chi connectivity index (χ0v) is 16.5. The number of anilines is 1. The molecule has 0 unspecified atom stereocenters. The molecule has 142 valence electrons. The molecule has 2 aromatic rings.